The van der Waals surface area contributed by atoms with Crippen LogP contribution in [-0.4, -0.2) is 152 Å². The van der Waals surface area contributed by atoms with Crippen molar-refractivity contribution in [3.05, 3.63) is 0 Å². The van der Waals surface area contributed by atoms with E-state index in [1.165, 1.54) is 28.3 Å². The molecule has 0 saturated carbocycles. The molecule has 14 heteroatoms. The third-order valence-corrected chi connectivity index (χ3v) is 12.5. The predicted molar refractivity (Wildman–Crippen MR) is 196 cm³/mol. The van der Waals surface area contributed by atoms with Crippen LogP contribution in [0.1, 0.15) is 94.9 Å². The number of cyclic esters (lactones) is 1. The molecule has 3 aliphatic heterocycles. The van der Waals surface area contributed by atoms with Crippen LogP contribution in [0.3, 0.4) is 0 Å². The zero-order valence-corrected chi connectivity index (χ0v) is 34.9. The quantitative estimate of drug-likeness (QED) is 0.293. The summed E-state index contributed by atoms with van der Waals surface area (Å²) in [6, 6.07) is -0.270. The highest BCUT2D eigenvalue weighted by Gasteiger charge is 2.54. The number of likely N-dealkylation sites (N-methyl/N-ethyl adjacent to an activating group) is 1. The average molecular weight is 762 g/mol. The maximum absolute atomic E-state index is 14.3. The van der Waals surface area contributed by atoms with Gasteiger partial charge in [-0.1, -0.05) is 27.7 Å². The van der Waals surface area contributed by atoms with Crippen molar-refractivity contribution in [2.24, 2.45) is 23.7 Å². The average Bonchev–Trinajstić information content (AvgIpc) is 3.10. The zero-order valence-electron chi connectivity index (χ0n) is 34.9. The van der Waals surface area contributed by atoms with E-state index in [0.29, 0.717) is 6.42 Å². The molecule has 53 heavy (non-hydrogen) atoms. The Morgan fingerprint density at radius 2 is 1.45 bits per heavy atom. The van der Waals surface area contributed by atoms with Crippen LogP contribution in [0, 0.1) is 23.7 Å². The fourth-order valence-corrected chi connectivity index (χ4v) is 9.01. The smallest absolute Gasteiger partial charge is 0.311 e. The van der Waals surface area contributed by atoms with Gasteiger partial charge >= 0.3 is 5.97 Å². The van der Waals surface area contributed by atoms with E-state index in [1.807, 2.05) is 46.7 Å². The van der Waals surface area contributed by atoms with Gasteiger partial charge in [0, 0.05) is 51.5 Å². The number of hydrogen-bond acceptors (Lipinski definition) is 14. The summed E-state index contributed by atoms with van der Waals surface area (Å²) >= 11 is 0. The molecule has 0 spiro atoms. The van der Waals surface area contributed by atoms with Gasteiger partial charge in [-0.05, 0) is 74.9 Å². The normalized spacial score (nSPS) is 48.3. The Morgan fingerprint density at radius 1 is 0.849 bits per heavy atom. The molecular weight excluding hydrogens is 690 g/mol. The highest BCUT2D eigenvalue weighted by Crippen LogP contribution is 2.42. The van der Waals surface area contributed by atoms with E-state index in [4.69, 9.17) is 37.9 Å². The minimum Gasteiger partial charge on any atom is -0.459 e. The van der Waals surface area contributed by atoms with Crippen LogP contribution in [0.4, 0.5) is 0 Å². The number of nitrogens with zero attached hydrogens (tertiary/aromatic N) is 1. The molecule has 3 heterocycles. The van der Waals surface area contributed by atoms with Crippen molar-refractivity contribution >= 4 is 11.8 Å². The Labute approximate surface area is 317 Å². The fourth-order valence-electron chi connectivity index (χ4n) is 9.01. The number of aliphatic hydroxyl groups is 3. The number of Topliss-reactive ketones (excluding diaryl/α,β-unsaturated/α-hetero) is 1. The van der Waals surface area contributed by atoms with Crippen LogP contribution in [0.5, 0.6) is 0 Å². The Bertz CT molecular complexity index is 1200. The van der Waals surface area contributed by atoms with Crippen molar-refractivity contribution in [3.8, 4) is 0 Å². The lowest BCUT2D eigenvalue weighted by Gasteiger charge is -2.50. The van der Waals surface area contributed by atoms with Crippen LogP contribution in [0.15, 0.2) is 0 Å². The van der Waals surface area contributed by atoms with Gasteiger partial charge in [-0.2, -0.15) is 0 Å². The number of carbonyl (C=O) groups is 2. The number of rotatable bonds is 9. The molecule has 0 aromatic carbocycles. The van der Waals surface area contributed by atoms with Gasteiger partial charge in [0.05, 0.1) is 47.6 Å². The number of ketones is 1. The van der Waals surface area contributed by atoms with E-state index in [2.05, 4.69) is 0 Å². The molecule has 0 amide bonds. The van der Waals surface area contributed by atoms with Crippen LogP contribution in [0.2, 0.25) is 0 Å². The molecule has 3 unspecified atom stereocenters. The predicted octanol–water partition coefficient (Wildman–Crippen LogP) is 3.09. The van der Waals surface area contributed by atoms with Crippen LogP contribution >= 0.6 is 0 Å². The summed E-state index contributed by atoms with van der Waals surface area (Å²) in [4.78, 5) is 30.5. The van der Waals surface area contributed by atoms with Crippen molar-refractivity contribution in [2.45, 2.75) is 179 Å². The van der Waals surface area contributed by atoms with Crippen LogP contribution in [0.25, 0.3) is 0 Å². The lowest BCUT2D eigenvalue weighted by Crippen LogP contribution is -2.61. The van der Waals surface area contributed by atoms with Gasteiger partial charge in [0.15, 0.2) is 12.6 Å². The van der Waals surface area contributed by atoms with E-state index in [0.717, 1.165) is 0 Å². The molecule has 3 N–H and O–H groups in total. The fraction of sp³-hybridized carbons (Fsp3) is 0.949. The topological polar surface area (TPSA) is 172 Å². The van der Waals surface area contributed by atoms with Crippen molar-refractivity contribution in [1.29, 1.82) is 0 Å². The van der Waals surface area contributed by atoms with Crippen molar-refractivity contribution in [1.82, 2.24) is 4.90 Å². The lowest BCUT2D eigenvalue weighted by molar-refractivity contribution is -0.319. The van der Waals surface area contributed by atoms with Gasteiger partial charge < -0.3 is 58.1 Å². The zero-order chi connectivity index (χ0) is 40.4. The van der Waals surface area contributed by atoms with Crippen LogP contribution in [-0.2, 0) is 47.5 Å². The third-order valence-electron chi connectivity index (χ3n) is 12.5. The lowest BCUT2D eigenvalue weighted by atomic mass is 9.73. The van der Waals surface area contributed by atoms with Crippen LogP contribution < -0.4 is 0 Å². The molecule has 18 atom stereocenters. The molecule has 3 aliphatic rings. The standard InChI is InChI=1S/C39H71NO13/c1-16-27-39(10,45)34(46-13)22(4)29(41)20(2)18-38(9,48-15)33(53-36-30(42)26(40(11)12)17-21(3)49-36)23(5)31(24(6)35(44)51-27)52-28-19-37(8,47-14)32(43)25(7)50-28/h20-28,30-34,36,42-43,45H,16-19H2,1-15H3/t20-,21?,22+,23+,24-,25?,26-,27-,28+,30?,31+,32+,33-,34-,36+,37+,38-,39-/m1/s1. The Hall–Kier alpha value is -1.30. The first-order chi connectivity index (χ1) is 24.5. The minimum atomic E-state index is -1.73. The number of methoxy groups -OCH3 is 3. The molecule has 0 bridgehead atoms. The summed E-state index contributed by atoms with van der Waals surface area (Å²) in [6.45, 7) is 17.7. The van der Waals surface area contributed by atoms with Gasteiger partial charge in [-0.15, -0.1) is 0 Å². The minimum absolute atomic E-state index is 0.144. The molecule has 0 aromatic heterocycles. The number of esters is 1. The molecule has 3 rings (SSSR count). The third kappa shape index (κ3) is 9.81. The first-order valence-electron chi connectivity index (χ1n) is 19.3. The number of aliphatic hydroxyl groups excluding tert-OH is 2. The summed E-state index contributed by atoms with van der Waals surface area (Å²) in [6.07, 6.45) is -7.72. The van der Waals surface area contributed by atoms with Crippen molar-refractivity contribution in [3.63, 3.8) is 0 Å². The molecule has 0 aliphatic carbocycles. The second-order valence-corrected chi connectivity index (χ2v) is 16.8. The first-order valence-corrected chi connectivity index (χ1v) is 19.3. The number of ether oxygens (including phenoxy) is 8. The molecule has 310 valence electrons. The highest BCUT2D eigenvalue weighted by atomic mass is 16.7. The Kier molecular flexibility index (Phi) is 15.9. The monoisotopic (exact) mass is 761 g/mol. The summed E-state index contributed by atoms with van der Waals surface area (Å²) in [5.74, 6) is -3.88. The van der Waals surface area contributed by atoms with Gasteiger partial charge in [0.1, 0.15) is 29.7 Å². The highest BCUT2D eigenvalue weighted by molar-refractivity contribution is 5.83. The van der Waals surface area contributed by atoms with Gasteiger partial charge in [-0.3, -0.25) is 9.59 Å². The van der Waals surface area contributed by atoms with E-state index in [1.54, 1.807) is 34.6 Å². The molecule has 0 aromatic rings. The second-order valence-electron chi connectivity index (χ2n) is 16.8. The largest absolute Gasteiger partial charge is 0.459 e. The Morgan fingerprint density at radius 3 is 1.98 bits per heavy atom. The van der Waals surface area contributed by atoms with E-state index in [-0.39, 0.29) is 37.2 Å². The molecule has 3 fully saturated rings. The Balaban J connectivity index is 2.24. The molecular formula is C39H71NO13. The summed E-state index contributed by atoms with van der Waals surface area (Å²) in [7, 11) is 8.26. The summed E-state index contributed by atoms with van der Waals surface area (Å²) in [5.41, 5.74) is -3.96. The van der Waals surface area contributed by atoms with Gasteiger partial charge in [-0.25, -0.2) is 0 Å². The molecule has 14 nitrogen and oxygen atoms in total. The van der Waals surface area contributed by atoms with Gasteiger partial charge in [0.2, 0.25) is 0 Å². The first kappa shape index (κ1) is 46.1. The van der Waals surface area contributed by atoms with Crippen molar-refractivity contribution in [2.75, 3.05) is 35.4 Å². The number of carbonyl (C=O) groups excluding carboxylic acids is 2. The summed E-state index contributed by atoms with van der Waals surface area (Å²) in [5, 5.41) is 34.5. The maximum Gasteiger partial charge on any atom is 0.311 e. The summed E-state index contributed by atoms with van der Waals surface area (Å²) < 4.78 is 50.0. The molecule has 3 saturated heterocycles. The molecule has 0 radical (unpaired) electrons. The van der Waals surface area contributed by atoms with E-state index >= 15 is 0 Å². The van der Waals surface area contributed by atoms with Gasteiger partial charge in [0.25, 0.3) is 0 Å². The van der Waals surface area contributed by atoms with E-state index in [9.17, 15) is 24.9 Å². The SMILES string of the molecule is CC[C@H]1OC(=O)[C@H](C)[C@@H](O[C@H]2C[C@](C)(OC)[C@@H](O)C(C)O2)[C@H](C)[C@@H](O[C@@H]2OC(C)C[C@@H](N(C)C)C2O)[C@](C)(OC)C[C@@H](C)C(=O)[C@H](C)[C@@H](OC)[C@]1(C)O. The maximum atomic E-state index is 14.3. The second kappa shape index (κ2) is 18.3. The van der Waals surface area contributed by atoms with E-state index < -0.39 is 102 Å². The number of hydrogen-bond donors (Lipinski definition) is 3. The van der Waals surface area contributed by atoms with Crippen molar-refractivity contribution < 1.29 is 62.8 Å².